The summed E-state index contributed by atoms with van der Waals surface area (Å²) in [6.07, 6.45) is 2.47. The molecular formula is C11H16ClNO. The van der Waals surface area contributed by atoms with Crippen molar-refractivity contribution in [1.82, 2.24) is 5.32 Å². The van der Waals surface area contributed by atoms with Gasteiger partial charge in [0.05, 0.1) is 0 Å². The lowest BCUT2D eigenvalue weighted by molar-refractivity contribution is 0.474. The smallest absolute Gasteiger partial charge is 0.115 e. The predicted molar refractivity (Wildman–Crippen MR) is 60.1 cm³/mol. The van der Waals surface area contributed by atoms with E-state index >= 15 is 0 Å². The third-order valence-corrected chi connectivity index (χ3v) is 2.69. The molecule has 2 rings (SSSR count). The summed E-state index contributed by atoms with van der Waals surface area (Å²) in [6, 6.07) is 6.12. The first-order chi connectivity index (χ1) is 6.27. The zero-order valence-corrected chi connectivity index (χ0v) is 9.10. The molecule has 0 saturated carbocycles. The van der Waals surface area contributed by atoms with Crippen molar-refractivity contribution in [3.63, 3.8) is 0 Å². The van der Waals surface area contributed by atoms with Crippen LogP contribution >= 0.6 is 12.4 Å². The molecule has 1 saturated heterocycles. The van der Waals surface area contributed by atoms with E-state index in [0.717, 1.165) is 6.54 Å². The molecule has 0 spiro atoms. The van der Waals surface area contributed by atoms with Crippen molar-refractivity contribution in [2.24, 2.45) is 0 Å². The van der Waals surface area contributed by atoms with Crippen LogP contribution in [0.3, 0.4) is 0 Å². The van der Waals surface area contributed by atoms with E-state index < -0.39 is 0 Å². The van der Waals surface area contributed by atoms with Gasteiger partial charge in [0.15, 0.2) is 0 Å². The molecule has 1 aliphatic heterocycles. The van der Waals surface area contributed by atoms with Crippen molar-refractivity contribution in [3.8, 4) is 5.75 Å². The normalized spacial score (nSPS) is 20.5. The molecule has 1 atom stereocenters. The summed E-state index contributed by atoms with van der Waals surface area (Å²) < 4.78 is 0. The van der Waals surface area contributed by atoms with Crippen LogP contribution in [-0.2, 0) is 0 Å². The second-order valence-electron chi connectivity index (χ2n) is 3.69. The Labute approximate surface area is 90.7 Å². The molecule has 78 valence electrons. The van der Waals surface area contributed by atoms with Gasteiger partial charge < -0.3 is 10.4 Å². The van der Waals surface area contributed by atoms with Crippen LogP contribution < -0.4 is 5.32 Å². The van der Waals surface area contributed by atoms with E-state index in [9.17, 15) is 5.11 Å². The molecule has 0 aromatic heterocycles. The summed E-state index contributed by atoms with van der Waals surface area (Å²) in [7, 11) is 0. The molecule has 0 bridgehead atoms. The average molecular weight is 214 g/mol. The zero-order chi connectivity index (χ0) is 9.26. The lowest BCUT2D eigenvalue weighted by atomic mass is 10.00. The van der Waals surface area contributed by atoms with Crippen molar-refractivity contribution in [2.45, 2.75) is 25.8 Å². The Kier molecular flexibility index (Phi) is 3.78. The van der Waals surface area contributed by atoms with Gasteiger partial charge in [-0.05, 0) is 49.6 Å². The highest BCUT2D eigenvalue weighted by Gasteiger charge is 2.17. The molecule has 1 heterocycles. The first-order valence-corrected chi connectivity index (χ1v) is 4.80. The number of aromatic hydroxyl groups is 1. The van der Waals surface area contributed by atoms with Gasteiger partial charge in [-0.1, -0.05) is 6.07 Å². The largest absolute Gasteiger partial charge is 0.508 e. The molecule has 2 N–H and O–H groups in total. The number of benzene rings is 1. The third-order valence-electron chi connectivity index (χ3n) is 2.69. The molecule has 0 amide bonds. The van der Waals surface area contributed by atoms with Crippen molar-refractivity contribution in [2.75, 3.05) is 6.54 Å². The number of halogens is 1. The van der Waals surface area contributed by atoms with Crippen LogP contribution in [0.5, 0.6) is 5.75 Å². The van der Waals surface area contributed by atoms with E-state index in [1.165, 1.54) is 24.0 Å². The van der Waals surface area contributed by atoms with Crippen LogP contribution in [0.1, 0.15) is 30.0 Å². The van der Waals surface area contributed by atoms with Gasteiger partial charge >= 0.3 is 0 Å². The van der Waals surface area contributed by atoms with Crippen molar-refractivity contribution >= 4 is 12.4 Å². The van der Waals surface area contributed by atoms with Crippen LogP contribution in [-0.4, -0.2) is 11.7 Å². The first kappa shape index (κ1) is 11.3. The van der Waals surface area contributed by atoms with Gasteiger partial charge in [-0.3, -0.25) is 0 Å². The fourth-order valence-corrected chi connectivity index (χ4v) is 2.00. The molecular weight excluding hydrogens is 198 g/mol. The highest BCUT2D eigenvalue weighted by Crippen LogP contribution is 2.27. The topological polar surface area (TPSA) is 32.3 Å². The van der Waals surface area contributed by atoms with Gasteiger partial charge in [0, 0.05) is 6.04 Å². The lowest BCUT2D eigenvalue weighted by Crippen LogP contribution is -2.13. The molecule has 1 fully saturated rings. The van der Waals surface area contributed by atoms with Crippen LogP contribution in [0, 0.1) is 6.92 Å². The quantitative estimate of drug-likeness (QED) is 0.752. The maximum atomic E-state index is 9.26. The Morgan fingerprint density at radius 3 is 2.79 bits per heavy atom. The number of phenolic OH excluding ortho intramolecular Hbond substituents is 1. The average Bonchev–Trinajstić information content (AvgIpc) is 2.56. The summed E-state index contributed by atoms with van der Waals surface area (Å²) in [4.78, 5) is 0. The number of hydrogen-bond donors (Lipinski definition) is 2. The standard InChI is InChI=1S/C11H15NO.ClH/c1-8-7-9(13)4-5-10(8)11-3-2-6-12-11;/h4-5,7,11-13H,2-3,6H2,1H3;1H. The maximum absolute atomic E-state index is 9.26. The van der Waals surface area contributed by atoms with Gasteiger partial charge in [-0.15, -0.1) is 12.4 Å². The summed E-state index contributed by atoms with van der Waals surface area (Å²) in [5, 5.41) is 12.7. The second-order valence-corrected chi connectivity index (χ2v) is 3.69. The molecule has 2 nitrogen and oxygen atoms in total. The van der Waals surface area contributed by atoms with Gasteiger partial charge in [0.2, 0.25) is 0 Å². The highest BCUT2D eigenvalue weighted by molar-refractivity contribution is 5.85. The Morgan fingerprint density at radius 2 is 2.21 bits per heavy atom. The minimum atomic E-state index is 0. The number of nitrogens with one attached hydrogen (secondary N) is 1. The molecule has 1 aromatic carbocycles. The molecule has 3 heteroatoms. The molecule has 0 radical (unpaired) electrons. The van der Waals surface area contributed by atoms with Crippen LogP contribution in [0.4, 0.5) is 0 Å². The monoisotopic (exact) mass is 213 g/mol. The fourth-order valence-electron chi connectivity index (χ4n) is 2.00. The molecule has 1 aromatic rings. The summed E-state index contributed by atoms with van der Waals surface area (Å²) in [6.45, 7) is 3.17. The number of aryl methyl sites for hydroxylation is 1. The van der Waals surface area contributed by atoms with E-state index in [1.807, 2.05) is 12.1 Å². The Bertz CT molecular complexity index is 308. The van der Waals surface area contributed by atoms with E-state index in [2.05, 4.69) is 12.2 Å². The van der Waals surface area contributed by atoms with Crippen molar-refractivity contribution < 1.29 is 5.11 Å². The lowest BCUT2D eigenvalue weighted by Gasteiger charge is -2.13. The Hall–Kier alpha value is -0.730. The van der Waals surface area contributed by atoms with Crippen molar-refractivity contribution in [1.29, 1.82) is 0 Å². The molecule has 0 aliphatic carbocycles. The third kappa shape index (κ3) is 2.20. The van der Waals surface area contributed by atoms with E-state index in [4.69, 9.17) is 0 Å². The fraction of sp³-hybridized carbons (Fsp3) is 0.455. The van der Waals surface area contributed by atoms with E-state index in [1.54, 1.807) is 6.07 Å². The predicted octanol–water partition coefficient (Wildman–Crippen LogP) is 2.55. The van der Waals surface area contributed by atoms with Gasteiger partial charge in [0.25, 0.3) is 0 Å². The second kappa shape index (κ2) is 4.67. The summed E-state index contributed by atoms with van der Waals surface area (Å²) in [5.41, 5.74) is 2.51. The Balaban J connectivity index is 0.000000980. The number of phenols is 1. The van der Waals surface area contributed by atoms with Gasteiger partial charge in [-0.2, -0.15) is 0 Å². The minimum Gasteiger partial charge on any atom is -0.508 e. The number of rotatable bonds is 1. The summed E-state index contributed by atoms with van der Waals surface area (Å²) in [5.74, 6) is 0.360. The first-order valence-electron chi connectivity index (χ1n) is 4.80. The van der Waals surface area contributed by atoms with Gasteiger partial charge in [0.1, 0.15) is 5.75 Å². The van der Waals surface area contributed by atoms with E-state index in [-0.39, 0.29) is 12.4 Å². The maximum Gasteiger partial charge on any atom is 0.115 e. The van der Waals surface area contributed by atoms with Gasteiger partial charge in [-0.25, -0.2) is 0 Å². The van der Waals surface area contributed by atoms with Crippen molar-refractivity contribution in [3.05, 3.63) is 29.3 Å². The molecule has 14 heavy (non-hydrogen) atoms. The highest BCUT2D eigenvalue weighted by atomic mass is 35.5. The van der Waals surface area contributed by atoms with Crippen LogP contribution in [0.2, 0.25) is 0 Å². The molecule has 1 aliphatic rings. The minimum absolute atomic E-state index is 0. The van der Waals surface area contributed by atoms with Crippen LogP contribution in [0.25, 0.3) is 0 Å². The summed E-state index contributed by atoms with van der Waals surface area (Å²) >= 11 is 0. The zero-order valence-electron chi connectivity index (χ0n) is 8.29. The SMILES string of the molecule is Cc1cc(O)ccc1C1CCCN1.Cl. The number of hydrogen-bond acceptors (Lipinski definition) is 2. The Morgan fingerprint density at radius 1 is 1.43 bits per heavy atom. The van der Waals surface area contributed by atoms with E-state index in [0.29, 0.717) is 11.8 Å². The molecule has 1 unspecified atom stereocenters. The van der Waals surface area contributed by atoms with Crippen LogP contribution in [0.15, 0.2) is 18.2 Å².